The lowest BCUT2D eigenvalue weighted by Gasteiger charge is -2.23. The van der Waals surface area contributed by atoms with Crippen molar-refractivity contribution in [2.45, 2.75) is 23.8 Å². The van der Waals surface area contributed by atoms with Gasteiger partial charge in [-0.1, -0.05) is 0 Å². The summed E-state index contributed by atoms with van der Waals surface area (Å²) in [5, 5.41) is 0. The minimum absolute atomic E-state index is 0.0507. The number of nitrogens with zero attached hydrogens (tertiary/aromatic N) is 2. The van der Waals surface area contributed by atoms with Crippen LogP contribution in [0.25, 0.3) is 0 Å². The molecule has 2 rings (SSSR count). The molecule has 1 aliphatic heterocycles. The Morgan fingerprint density at radius 3 is 3.06 bits per heavy atom. The summed E-state index contributed by atoms with van der Waals surface area (Å²) in [7, 11) is -1.83. The summed E-state index contributed by atoms with van der Waals surface area (Å²) in [6, 6.07) is 3.16. The highest BCUT2D eigenvalue weighted by molar-refractivity contribution is 7.89. The van der Waals surface area contributed by atoms with Crippen LogP contribution in [0.15, 0.2) is 29.4 Å². The molecule has 1 aliphatic rings. The van der Waals surface area contributed by atoms with Gasteiger partial charge in [0.15, 0.2) is 0 Å². The van der Waals surface area contributed by atoms with E-state index in [1.807, 2.05) is 0 Å². The second kappa shape index (κ2) is 5.12. The second-order valence-electron chi connectivity index (χ2n) is 4.06. The number of hydrogen-bond acceptors (Lipinski definition) is 4. The third kappa shape index (κ3) is 2.48. The number of rotatable bonds is 4. The molecule has 0 radical (unpaired) electrons. The molecular formula is C11H16N2O3S. The summed E-state index contributed by atoms with van der Waals surface area (Å²) in [6.45, 7) is 1.00. The van der Waals surface area contributed by atoms with Crippen LogP contribution in [0, 0.1) is 0 Å². The van der Waals surface area contributed by atoms with Gasteiger partial charge in [-0.25, -0.2) is 8.42 Å². The van der Waals surface area contributed by atoms with Crippen molar-refractivity contribution in [1.82, 2.24) is 9.29 Å². The molecule has 1 saturated heterocycles. The summed E-state index contributed by atoms with van der Waals surface area (Å²) in [5.74, 6) is 0. The molecule has 1 aromatic rings. The van der Waals surface area contributed by atoms with E-state index >= 15 is 0 Å². The maximum atomic E-state index is 12.4. The van der Waals surface area contributed by atoms with Crippen molar-refractivity contribution in [3.05, 3.63) is 24.5 Å². The van der Waals surface area contributed by atoms with E-state index in [4.69, 9.17) is 4.74 Å². The van der Waals surface area contributed by atoms with Gasteiger partial charge in [0.25, 0.3) is 0 Å². The van der Waals surface area contributed by atoms with Crippen molar-refractivity contribution in [2.24, 2.45) is 0 Å². The van der Waals surface area contributed by atoms with E-state index in [2.05, 4.69) is 4.98 Å². The third-order valence-corrected chi connectivity index (χ3v) is 4.86. The van der Waals surface area contributed by atoms with Crippen LogP contribution in [-0.2, 0) is 14.8 Å². The van der Waals surface area contributed by atoms with Crippen LogP contribution in [0.2, 0.25) is 0 Å². The van der Waals surface area contributed by atoms with Crippen LogP contribution in [-0.4, -0.2) is 44.0 Å². The summed E-state index contributed by atoms with van der Waals surface area (Å²) < 4.78 is 31.3. The topological polar surface area (TPSA) is 59.5 Å². The first kappa shape index (κ1) is 12.5. The molecule has 0 amide bonds. The van der Waals surface area contributed by atoms with Crippen LogP contribution in [0.4, 0.5) is 0 Å². The van der Waals surface area contributed by atoms with Crippen LogP contribution in [0.5, 0.6) is 0 Å². The Kier molecular flexibility index (Phi) is 3.76. The molecule has 1 atom stereocenters. The number of aromatic nitrogens is 1. The average Bonchev–Trinajstić information content (AvgIpc) is 2.80. The first-order valence-corrected chi connectivity index (χ1v) is 7.01. The molecule has 0 N–H and O–H groups in total. The standard InChI is InChI=1S/C11H16N2O3S/c1-16-9-10-4-3-7-13(10)17(14,15)11-5-2-6-12-8-11/h2,5-6,8,10H,3-4,7,9H2,1H3/t10-/m0/s1. The van der Waals surface area contributed by atoms with Gasteiger partial charge in [-0.15, -0.1) is 0 Å². The second-order valence-corrected chi connectivity index (χ2v) is 5.95. The number of sulfonamides is 1. The molecule has 5 nitrogen and oxygen atoms in total. The highest BCUT2D eigenvalue weighted by atomic mass is 32.2. The van der Waals surface area contributed by atoms with Gasteiger partial charge in [0.05, 0.1) is 6.61 Å². The minimum Gasteiger partial charge on any atom is -0.383 e. The monoisotopic (exact) mass is 256 g/mol. The quantitative estimate of drug-likeness (QED) is 0.802. The van der Waals surface area contributed by atoms with E-state index in [9.17, 15) is 8.42 Å². The van der Waals surface area contributed by atoms with Crippen LogP contribution < -0.4 is 0 Å². The summed E-state index contributed by atoms with van der Waals surface area (Å²) in [4.78, 5) is 4.11. The van der Waals surface area contributed by atoms with E-state index in [0.717, 1.165) is 12.8 Å². The highest BCUT2D eigenvalue weighted by Gasteiger charge is 2.35. The van der Waals surface area contributed by atoms with Crippen LogP contribution in [0.3, 0.4) is 0 Å². The van der Waals surface area contributed by atoms with Gasteiger partial charge in [0.1, 0.15) is 4.90 Å². The molecule has 94 valence electrons. The molecule has 0 saturated carbocycles. The SMILES string of the molecule is COC[C@@H]1CCCN1S(=O)(=O)c1cccnc1. The maximum Gasteiger partial charge on any atom is 0.244 e. The zero-order valence-corrected chi connectivity index (χ0v) is 10.6. The summed E-state index contributed by atoms with van der Waals surface area (Å²) in [6.07, 6.45) is 4.69. The van der Waals surface area contributed by atoms with E-state index in [1.165, 1.54) is 10.5 Å². The van der Waals surface area contributed by atoms with Gasteiger partial charge >= 0.3 is 0 Å². The maximum absolute atomic E-state index is 12.4. The van der Waals surface area contributed by atoms with Gasteiger partial charge in [-0.2, -0.15) is 4.31 Å². The number of pyridine rings is 1. The lowest BCUT2D eigenvalue weighted by molar-refractivity contribution is 0.149. The van der Waals surface area contributed by atoms with Crippen molar-refractivity contribution in [1.29, 1.82) is 0 Å². The molecule has 6 heteroatoms. The lowest BCUT2D eigenvalue weighted by atomic mass is 10.2. The number of methoxy groups -OCH3 is 1. The van der Waals surface area contributed by atoms with Crippen molar-refractivity contribution >= 4 is 10.0 Å². The Balaban J connectivity index is 2.27. The van der Waals surface area contributed by atoms with Gasteiger partial charge in [-0.05, 0) is 25.0 Å². The fourth-order valence-corrected chi connectivity index (χ4v) is 3.76. The molecule has 17 heavy (non-hydrogen) atoms. The molecule has 0 unspecified atom stereocenters. The Morgan fingerprint density at radius 1 is 1.59 bits per heavy atom. The fraction of sp³-hybridized carbons (Fsp3) is 0.545. The van der Waals surface area contributed by atoms with Gasteiger partial charge in [0.2, 0.25) is 10.0 Å². The van der Waals surface area contributed by atoms with E-state index in [0.29, 0.717) is 13.2 Å². The van der Waals surface area contributed by atoms with Gasteiger partial charge < -0.3 is 4.74 Å². The molecule has 1 aromatic heterocycles. The molecule has 0 spiro atoms. The van der Waals surface area contributed by atoms with Crippen molar-refractivity contribution in [3.8, 4) is 0 Å². The predicted molar refractivity (Wildman–Crippen MR) is 63.0 cm³/mol. The fourth-order valence-electron chi connectivity index (χ4n) is 2.12. The van der Waals surface area contributed by atoms with Gasteiger partial charge in [-0.3, -0.25) is 4.98 Å². The molecule has 0 aliphatic carbocycles. The lowest BCUT2D eigenvalue weighted by Crippen LogP contribution is -2.38. The number of hydrogen-bond donors (Lipinski definition) is 0. The zero-order valence-electron chi connectivity index (χ0n) is 9.74. The Hall–Kier alpha value is -0.980. The molecule has 0 bridgehead atoms. The Bertz CT molecular complexity index is 461. The molecule has 2 heterocycles. The molecule has 0 aromatic carbocycles. The zero-order chi connectivity index (χ0) is 12.3. The highest BCUT2D eigenvalue weighted by Crippen LogP contribution is 2.25. The van der Waals surface area contributed by atoms with E-state index < -0.39 is 10.0 Å². The average molecular weight is 256 g/mol. The Labute approximate surface area is 101 Å². The predicted octanol–water partition coefficient (Wildman–Crippen LogP) is 0.881. The molecular weight excluding hydrogens is 240 g/mol. The normalized spacial score (nSPS) is 21.8. The molecule has 1 fully saturated rings. The van der Waals surface area contributed by atoms with E-state index in [-0.39, 0.29) is 10.9 Å². The minimum atomic E-state index is -3.42. The van der Waals surface area contributed by atoms with Crippen molar-refractivity contribution in [3.63, 3.8) is 0 Å². The Morgan fingerprint density at radius 2 is 2.41 bits per heavy atom. The third-order valence-electron chi connectivity index (χ3n) is 2.92. The summed E-state index contributed by atoms with van der Waals surface area (Å²) in [5.41, 5.74) is 0. The first-order chi connectivity index (χ1) is 8.16. The van der Waals surface area contributed by atoms with Gasteiger partial charge in [0, 0.05) is 32.1 Å². The summed E-state index contributed by atoms with van der Waals surface area (Å²) >= 11 is 0. The number of ether oxygens (including phenoxy) is 1. The largest absolute Gasteiger partial charge is 0.383 e. The first-order valence-electron chi connectivity index (χ1n) is 5.57. The van der Waals surface area contributed by atoms with Crippen molar-refractivity contribution < 1.29 is 13.2 Å². The van der Waals surface area contributed by atoms with Crippen molar-refractivity contribution in [2.75, 3.05) is 20.3 Å². The van der Waals surface area contributed by atoms with E-state index in [1.54, 1.807) is 25.4 Å². The van der Waals surface area contributed by atoms with Crippen LogP contribution in [0.1, 0.15) is 12.8 Å². The van der Waals surface area contributed by atoms with Crippen LogP contribution >= 0.6 is 0 Å². The smallest absolute Gasteiger partial charge is 0.244 e.